The van der Waals surface area contributed by atoms with E-state index in [1.807, 2.05) is 31.2 Å². The normalized spacial score (nSPS) is 11.6. The third kappa shape index (κ3) is 4.01. The molecule has 2 aromatic carbocycles. The van der Waals surface area contributed by atoms with Crippen LogP contribution in [-0.2, 0) is 0 Å². The number of aromatic nitrogens is 3. The molecular formula is C21H24N4O4. The van der Waals surface area contributed by atoms with Crippen molar-refractivity contribution in [3.8, 4) is 22.9 Å². The van der Waals surface area contributed by atoms with Crippen molar-refractivity contribution in [3.05, 3.63) is 60.2 Å². The van der Waals surface area contributed by atoms with Crippen LogP contribution in [0.2, 0.25) is 0 Å². The molecule has 1 atom stereocenters. The predicted molar refractivity (Wildman–Crippen MR) is 108 cm³/mol. The highest BCUT2D eigenvalue weighted by Gasteiger charge is 2.23. The lowest BCUT2D eigenvalue weighted by Crippen LogP contribution is -2.29. The molecule has 0 aliphatic rings. The number of ether oxygens (including phenoxy) is 3. The van der Waals surface area contributed by atoms with E-state index in [9.17, 15) is 4.79 Å². The Morgan fingerprint density at radius 2 is 1.66 bits per heavy atom. The quantitative estimate of drug-likeness (QED) is 0.611. The van der Waals surface area contributed by atoms with Gasteiger partial charge in [0.2, 0.25) is 5.75 Å². The number of carbonyl (C=O) groups excluding carboxylic acids is 1. The maximum atomic E-state index is 13.1. The van der Waals surface area contributed by atoms with Crippen LogP contribution in [-0.4, -0.2) is 53.9 Å². The number of rotatable bonds is 7. The maximum absolute atomic E-state index is 13.1. The second-order valence-electron chi connectivity index (χ2n) is 6.44. The van der Waals surface area contributed by atoms with Crippen molar-refractivity contribution in [2.75, 3.05) is 28.4 Å². The van der Waals surface area contributed by atoms with Crippen LogP contribution in [0.4, 0.5) is 0 Å². The highest BCUT2D eigenvalue weighted by atomic mass is 16.5. The van der Waals surface area contributed by atoms with Crippen molar-refractivity contribution >= 4 is 5.91 Å². The number of nitrogens with zero attached hydrogens (tertiary/aromatic N) is 4. The summed E-state index contributed by atoms with van der Waals surface area (Å²) in [6, 6.07) is 11.0. The second kappa shape index (κ2) is 8.64. The minimum atomic E-state index is -0.155. The topological polar surface area (TPSA) is 78.7 Å². The molecule has 1 aromatic heterocycles. The molecule has 29 heavy (non-hydrogen) atoms. The Labute approximate surface area is 169 Å². The first-order chi connectivity index (χ1) is 14.0. The fourth-order valence-electron chi connectivity index (χ4n) is 3.05. The monoisotopic (exact) mass is 396 g/mol. The molecule has 8 nitrogen and oxygen atoms in total. The van der Waals surface area contributed by atoms with Gasteiger partial charge in [0, 0.05) is 12.6 Å². The molecule has 0 aliphatic carbocycles. The van der Waals surface area contributed by atoms with Gasteiger partial charge in [-0.1, -0.05) is 12.1 Å². The molecular weight excluding hydrogens is 372 g/mol. The van der Waals surface area contributed by atoms with E-state index in [2.05, 4.69) is 10.1 Å². The summed E-state index contributed by atoms with van der Waals surface area (Å²) in [5.74, 6) is 1.17. The van der Waals surface area contributed by atoms with E-state index in [1.54, 1.807) is 35.1 Å². The van der Waals surface area contributed by atoms with Gasteiger partial charge in [0.05, 0.1) is 33.1 Å². The molecule has 0 fully saturated rings. The maximum Gasteiger partial charge on any atom is 0.254 e. The van der Waals surface area contributed by atoms with Crippen LogP contribution >= 0.6 is 0 Å². The van der Waals surface area contributed by atoms with Crippen LogP contribution in [0, 0.1) is 0 Å². The average molecular weight is 396 g/mol. The number of hydrogen-bond acceptors (Lipinski definition) is 6. The van der Waals surface area contributed by atoms with Gasteiger partial charge in [0.15, 0.2) is 11.5 Å². The van der Waals surface area contributed by atoms with Crippen LogP contribution in [0.1, 0.15) is 28.9 Å². The molecule has 1 amide bonds. The van der Waals surface area contributed by atoms with E-state index in [1.165, 1.54) is 27.7 Å². The van der Waals surface area contributed by atoms with Gasteiger partial charge in [0.1, 0.15) is 12.7 Å². The second-order valence-corrected chi connectivity index (χ2v) is 6.44. The number of methoxy groups -OCH3 is 3. The summed E-state index contributed by atoms with van der Waals surface area (Å²) in [4.78, 5) is 18.7. The van der Waals surface area contributed by atoms with Crippen molar-refractivity contribution < 1.29 is 19.0 Å². The molecule has 0 spiro atoms. The van der Waals surface area contributed by atoms with Crippen molar-refractivity contribution in [2.24, 2.45) is 0 Å². The first kappa shape index (κ1) is 20.2. The summed E-state index contributed by atoms with van der Waals surface area (Å²) in [5.41, 5.74) is 2.35. The molecule has 0 N–H and O–H groups in total. The zero-order valence-electron chi connectivity index (χ0n) is 17.1. The lowest BCUT2D eigenvalue weighted by Gasteiger charge is -2.26. The molecule has 1 heterocycles. The summed E-state index contributed by atoms with van der Waals surface area (Å²) >= 11 is 0. The van der Waals surface area contributed by atoms with Crippen molar-refractivity contribution in [1.82, 2.24) is 19.7 Å². The van der Waals surface area contributed by atoms with Crippen LogP contribution < -0.4 is 14.2 Å². The molecule has 3 aromatic rings. The van der Waals surface area contributed by atoms with Gasteiger partial charge < -0.3 is 19.1 Å². The molecule has 8 heteroatoms. The average Bonchev–Trinajstić information content (AvgIpc) is 3.31. The van der Waals surface area contributed by atoms with Crippen LogP contribution in [0.15, 0.2) is 49.1 Å². The first-order valence-corrected chi connectivity index (χ1v) is 9.02. The van der Waals surface area contributed by atoms with Crippen LogP contribution in [0.3, 0.4) is 0 Å². The molecule has 0 saturated heterocycles. The standard InChI is InChI=1S/C21H24N4O4/c1-14(15-6-8-17(9-7-15)25-13-22-12-23-25)24(2)21(26)16-10-18(27-3)20(29-5)19(11-16)28-4/h6-14H,1-5H3/t14-/m1/s1. The summed E-state index contributed by atoms with van der Waals surface area (Å²) in [7, 11) is 6.34. The van der Waals surface area contributed by atoms with Gasteiger partial charge in [0.25, 0.3) is 5.91 Å². The molecule has 0 radical (unpaired) electrons. The predicted octanol–water partition coefficient (Wildman–Crippen LogP) is 3.13. The number of amides is 1. The van der Waals surface area contributed by atoms with Crippen LogP contribution in [0.5, 0.6) is 17.2 Å². The van der Waals surface area contributed by atoms with Gasteiger partial charge in [-0.3, -0.25) is 4.79 Å². The number of hydrogen-bond donors (Lipinski definition) is 0. The largest absolute Gasteiger partial charge is 0.493 e. The lowest BCUT2D eigenvalue weighted by atomic mass is 10.1. The fourth-order valence-corrected chi connectivity index (χ4v) is 3.05. The minimum Gasteiger partial charge on any atom is -0.493 e. The van der Waals surface area contributed by atoms with Gasteiger partial charge >= 0.3 is 0 Å². The number of benzene rings is 2. The van der Waals surface area contributed by atoms with Crippen molar-refractivity contribution in [1.29, 1.82) is 0 Å². The summed E-state index contributed by atoms with van der Waals surface area (Å²) in [6.07, 6.45) is 3.12. The zero-order chi connectivity index (χ0) is 21.0. The molecule has 0 saturated carbocycles. The molecule has 0 bridgehead atoms. The Hall–Kier alpha value is -3.55. The van der Waals surface area contributed by atoms with Gasteiger partial charge in [-0.25, -0.2) is 9.67 Å². The van der Waals surface area contributed by atoms with E-state index in [-0.39, 0.29) is 11.9 Å². The third-order valence-electron chi connectivity index (χ3n) is 4.87. The highest BCUT2D eigenvalue weighted by molar-refractivity contribution is 5.95. The molecule has 0 aliphatic heterocycles. The first-order valence-electron chi connectivity index (χ1n) is 9.02. The zero-order valence-corrected chi connectivity index (χ0v) is 17.1. The van der Waals surface area contributed by atoms with E-state index < -0.39 is 0 Å². The van der Waals surface area contributed by atoms with Gasteiger partial charge in [-0.05, 0) is 36.8 Å². The lowest BCUT2D eigenvalue weighted by molar-refractivity contribution is 0.0741. The summed E-state index contributed by atoms with van der Waals surface area (Å²) < 4.78 is 17.7. The Morgan fingerprint density at radius 1 is 1.03 bits per heavy atom. The van der Waals surface area contributed by atoms with Crippen molar-refractivity contribution in [3.63, 3.8) is 0 Å². The Kier molecular flexibility index (Phi) is 6.01. The minimum absolute atomic E-state index is 0.147. The van der Waals surface area contributed by atoms with E-state index in [4.69, 9.17) is 14.2 Å². The van der Waals surface area contributed by atoms with Crippen LogP contribution in [0.25, 0.3) is 5.69 Å². The van der Waals surface area contributed by atoms with E-state index >= 15 is 0 Å². The number of carbonyl (C=O) groups is 1. The molecule has 0 unspecified atom stereocenters. The Balaban J connectivity index is 1.84. The smallest absolute Gasteiger partial charge is 0.254 e. The molecule has 3 rings (SSSR count). The van der Waals surface area contributed by atoms with Gasteiger partial charge in [-0.2, -0.15) is 5.10 Å². The fraction of sp³-hybridized carbons (Fsp3) is 0.286. The SMILES string of the molecule is COc1cc(C(=O)N(C)[C@H](C)c2ccc(-n3cncn3)cc2)cc(OC)c1OC. The van der Waals surface area contributed by atoms with Crippen molar-refractivity contribution in [2.45, 2.75) is 13.0 Å². The summed E-state index contributed by atoms with van der Waals surface area (Å²) in [5, 5.41) is 4.12. The Bertz CT molecular complexity index is 946. The Morgan fingerprint density at radius 3 is 2.14 bits per heavy atom. The van der Waals surface area contributed by atoms with Gasteiger partial charge in [-0.15, -0.1) is 0 Å². The van der Waals surface area contributed by atoms with E-state index in [0.29, 0.717) is 22.8 Å². The molecule has 152 valence electrons. The summed E-state index contributed by atoms with van der Waals surface area (Å²) in [6.45, 7) is 1.97. The highest BCUT2D eigenvalue weighted by Crippen LogP contribution is 2.38. The van der Waals surface area contributed by atoms with E-state index in [0.717, 1.165) is 11.3 Å². The third-order valence-corrected chi connectivity index (χ3v) is 4.87.